The summed E-state index contributed by atoms with van der Waals surface area (Å²) in [5.74, 6) is 0.784. The van der Waals surface area contributed by atoms with Crippen molar-refractivity contribution in [3.63, 3.8) is 0 Å². The summed E-state index contributed by atoms with van der Waals surface area (Å²) in [4.78, 5) is 12.5. The maximum atomic E-state index is 12.5. The standard InChI is InChI=1S/C19H22N2O3/c1-4-13-7-9-14(10-8-13)19(22)21-16-12-17(23-5-2)15(20)11-18(16)24-6-3/h4,7-12H,1,5-6,20H2,2-3H3,(H,21,22). The molecule has 24 heavy (non-hydrogen) atoms. The highest BCUT2D eigenvalue weighted by molar-refractivity contribution is 6.05. The van der Waals surface area contributed by atoms with Gasteiger partial charge in [-0.05, 0) is 31.5 Å². The van der Waals surface area contributed by atoms with Gasteiger partial charge in [-0.1, -0.05) is 24.8 Å². The number of nitrogen functional groups attached to an aromatic ring is 1. The Bertz CT molecular complexity index is 724. The van der Waals surface area contributed by atoms with Crippen LogP contribution < -0.4 is 20.5 Å². The molecule has 2 rings (SSSR count). The third kappa shape index (κ3) is 4.07. The average Bonchev–Trinajstić information content (AvgIpc) is 2.59. The van der Waals surface area contributed by atoms with Gasteiger partial charge in [-0.15, -0.1) is 0 Å². The van der Waals surface area contributed by atoms with E-state index in [-0.39, 0.29) is 5.91 Å². The van der Waals surface area contributed by atoms with Gasteiger partial charge in [0.05, 0.1) is 24.6 Å². The summed E-state index contributed by atoms with van der Waals surface area (Å²) in [6, 6.07) is 10.5. The van der Waals surface area contributed by atoms with Gasteiger partial charge in [-0.2, -0.15) is 0 Å². The van der Waals surface area contributed by atoms with E-state index in [2.05, 4.69) is 11.9 Å². The molecule has 0 fully saturated rings. The summed E-state index contributed by atoms with van der Waals surface area (Å²) in [7, 11) is 0. The Morgan fingerprint density at radius 1 is 1.12 bits per heavy atom. The Hall–Kier alpha value is -2.95. The number of benzene rings is 2. The molecule has 5 nitrogen and oxygen atoms in total. The second-order valence-corrected chi connectivity index (χ2v) is 5.03. The first-order valence-electron chi connectivity index (χ1n) is 7.82. The van der Waals surface area contributed by atoms with Gasteiger partial charge in [-0.25, -0.2) is 0 Å². The highest BCUT2D eigenvalue weighted by Gasteiger charge is 2.14. The minimum absolute atomic E-state index is 0.237. The Morgan fingerprint density at radius 2 is 1.75 bits per heavy atom. The zero-order chi connectivity index (χ0) is 17.5. The molecule has 0 aromatic heterocycles. The minimum atomic E-state index is -0.237. The van der Waals surface area contributed by atoms with Crippen LogP contribution in [0.5, 0.6) is 11.5 Å². The van der Waals surface area contributed by atoms with Gasteiger partial charge in [0.2, 0.25) is 0 Å². The molecule has 2 aromatic carbocycles. The van der Waals surface area contributed by atoms with Crippen LogP contribution in [0.2, 0.25) is 0 Å². The number of nitrogens with two attached hydrogens (primary N) is 1. The Morgan fingerprint density at radius 3 is 2.33 bits per heavy atom. The van der Waals surface area contributed by atoms with Crippen LogP contribution in [0.4, 0.5) is 11.4 Å². The quantitative estimate of drug-likeness (QED) is 0.755. The fourth-order valence-electron chi connectivity index (χ4n) is 2.19. The molecule has 0 atom stereocenters. The van der Waals surface area contributed by atoms with Crippen molar-refractivity contribution in [2.45, 2.75) is 13.8 Å². The average molecular weight is 326 g/mol. The number of rotatable bonds is 7. The molecule has 0 heterocycles. The smallest absolute Gasteiger partial charge is 0.255 e. The van der Waals surface area contributed by atoms with E-state index in [1.807, 2.05) is 26.0 Å². The van der Waals surface area contributed by atoms with Gasteiger partial charge in [0.1, 0.15) is 11.5 Å². The number of anilines is 2. The molecule has 0 aliphatic rings. The first-order chi connectivity index (χ1) is 11.6. The van der Waals surface area contributed by atoms with Crippen LogP contribution >= 0.6 is 0 Å². The largest absolute Gasteiger partial charge is 0.492 e. The number of hydrogen-bond acceptors (Lipinski definition) is 4. The zero-order valence-electron chi connectivity index (χ0n) is 14.0. The van der Waals surface area contributed by atoms with Gasteiger partial charge in [-0.3, -0.25) is 4.79 Å². The highest BCUT2D eigenvalue weighted by atomic mass is 16.5. The van der Waals surface area contributed by atoms with E-state index in [9.17, 15) is 4.79 Å². The summed E-state index contributed by atoms with van der Waals surface area (Å²) in [6.45, 7) is 8.38. The molecule has 0 aliphatic heterocycles. The van der Waals surface area contributed by atoms with Gasteiger partial charge in [0, 0.05) is 17.7 Å². The summed E-state index contributed by atoms with van der Waals surface area (Å²) >= 11 is 0. The van der Waals surface area contributed by atoms with Gasteiger partial charge in [0.25, 0.3) is 5.91 Å². The molecule has 0 spiro atoms. The Labute approximate surface area is 142 Å². The van der Waals surface area contributed by atoms with E-state index in [1.165, 1.54) is 0 Å². The maximum absolute atomic E-state index is 12.5. The number of amides is 1. The molecular formula is C19H22N2O3. The van der Waals surface area contributed by atoms with E-state index < -0.39 is 0 Å². The van der Waals surface area contributed by atoms with Crippen molar-refractivity contribution in [1.29, 1.82) is 0 Å². The second-order valence-electron chi connectivity index (χ2n) is 5.03. The lowest BCUT2D eigenvalue weighted by atomic mass is 10.1. The Balaban J connectivity index is 2.29. The van der Waals surface area contributed by atoms with Gasteiger partial charge in [0.15, 0.2) is 0 Å². The molecule has 126 valence electrons. The first-order valence-corrected chi connectivity index (χ1v) is 7.82. The molecular weight excluding hydrogens is 304 g/mol. The van der Waals surface area contributed by atoms with Gasteiger partial charge >= 0.3 is 0 Å². The van der Waals surface area contributed by atoms with Crippen molar-refractivity contribution in [3.8, 4) is 11.5 Å². The predicted molar refractivity (Wildman–Crippen MR) is 97.7 cm³/mol. The topological polar surface area (TPSA) is 73.6 Å². The van der Waals surface area contributed by atoms with Crippen LogP contribution in [0.15, 0.2) is 43.0 Å². The summed E-state index contributed by atoms with van der Waals surface area (Å²) in [6.07, 6.45) is 1.73. The van der Waals surface area contributed by atoms with E-state index in [4.69, 9.17) is 15.2 Å². The number of carbonyl (C=O) groups excluding carboxylic acids is 1. The van der Waals surface area contributed by atoms with E-state index in [0.717, 1.165) is 5.56 Å². The van der Waals surface area contributed by atoms with Crippen molar-refractivity contribution in [2.75, 3.05) is 24.3 Å². The lowest BCUT2D eigenvalue weighted by Crippen LogP contribution is -2.13. The van der Waals surface area contributed by atoms with Crippen molar-refractivity contribution >= 4 is 23.4 Å². The lowest BCUT2D eigenvalue weighted by Gasteiger charge is -2.15. The summed E-state index contributed by atoms with van der Waals surface area (Å²) in [5.41, 5.74) is 8.43. The van der Waals surface area contributed by atoms with Crippen LogP contribution in [-0.2, 0) is 0 Å². The molecule has 0 radical (unpaired) electrons. The molecule has 0 saturated heterocycles. The van der Waals surface area contributed by atoms with E-state index in [1.54, 1.807) is 30.3 Å². The van der Waals surface area contributed by atoms with Gasteiger partial charge < -0.3 is 20.5 Å². The fraction of sp³-hybridized carbons (Fsp3) is 0.211. The van der Waals surface area contributed by atoms with E-state index >= 15 is 0 Å². The first kappa shape index (κ1) is 17.4. The summed E-state index contributed by atoms with van der Waals surface area (Å²) in [5, 5.41) is 2.85. The Kier molecular flexibility index (Phi) is 5.84. The van der Waals surface area contributed by atoms with Crippen LogP contribution in [0, 0.1) is 0 Å². The molecule has 0 saturated carbocycles. The van der Waals surface area contributed by atoms with Crippen LogP contribution in [0.1, 0.15) is 29.8 Å². The molecule has 2 aromatic rings. The van der Waals surface area contributed by atoms with E-state index in [0.29, 0.717) is 41.7 Å². The van der Waals surface area contributed by atoms with Crippen LogP contribution in [-0.4, -0.2) is 19.1 Å². The molecule has 1 amide bonds. The van der Waals surface area contributed by atoms with Crippen LogP contribution in [0.25, 0.3) is 6.08 Å². The molecule has 5 heteroatoms. The number of nitrogens with one attached hydrogen (secondary N) is 1. The van der Waals surface area contributed by atoms with Crippen molar-refractivity contribution in [3.05, 3.63) is 54.1 Å². The fourth-order valence-corrected chi connectivity index (χ4v) is 2.19. The maximum Gasteiger partial charge on any atom is 0.255 e. The van der Waals surface area contributed by atoms with Crippen molar-refractivity contribution < 1.29 is 14.3 Å². The molecule has 3 N–H and O–H groups in total. The third-order valence-corrected chi connectivity index (χ3v) is 3.37. The van der Waals surface area contributed by atoms with Crippen molar-refractivity contribution in [2.24, 2.45) is 0 Å². The normalized spacial score (nSPS) is 10.1. The van der Waals surface area contributed by atoms with Crippen LogP contribution in [0.3, 0.4) is 0 Å². The third-order valence-electron chi connectivity index (χ3n) is 3.37. The highest BCUT2D eigenvalue weighted by Crippen LogP contribution is 2.35. The SMILES string of the molecule is C=Cc1ccc(C(=O)Nc2cc(OCC)c(N)cc2OCC)cc1. The molecule has 0 aliphatic carbocycles. The molecule has 0 unspecified atom stereocenters. The number of ether oxygens (including phenoxy) is 2. The monoisotopic (exact) mass is 326 g/mol. The number of hydrogen-bond donors (Lipinski definition) is 2. The predicted octanol–water partition coefficient (Wildman–Crippen LogP) is 3.96. The summed E-state index contributed by atoms with van der Waals surface area (Å²) < 4.78 is 11.0. The lowest BCUT2D eigenvalue weighted by molar-refractivity contribution is 0.102. The van der Waals surface area contributed by atoms with Crippen molar-refractivity contribution in [1.82, 2.24) is 0 Å². The zero-order valence-corrected chi connectivity index (χ0v) is 14.0. The minimum Gasteiger partial charge on any atom is -0.492 e. The molecule has 0 bridgehead atoms. The number of carbonyl (C=O) groups is 1. The second kappa shape index (κ2) is 8.06.